The van der Waals surface area contributed by atoms with E-state index >= 15 is 0 Å². The Hall–Kier alpha value is -2.33. The molecule has 3 rings (SSSR count). The first-order chi connectivity index (χ1) is 10.1. The minimum absolute atomic E-state index is 0.701. The van der Waals surface area contributed by atoms with Crippen molar-refractivity contribution in [3.63, 3.8) is 0 Å². The van der Waals surface area contributed by atoms with E-state index < -0.39 is 0 Å². The summed E-state index contributed by atoms with van der Waals surface area (Å²) in [6, 6.07) is 13.5. The van der Waals surface area contributed by atoms with Crippen LogP contribution in [0.25, 0.3) is 10.9 Å². The molecule has 0 radical (unpaired) electrons. The molecule has 1 heterocycles. The number of fused-ring (bicyclic) bond motifs is 1. The third kappa shape index (κ3) is 2.90. The number of rotatable bonds is 3. The lowest BCUT2D eigenvalue weighted by Crippen LogP contribution is -2.18. The highest BCUT2D eigenvalue weighted by atomic mass is 35.5. The van der Waals surface area contributed by atoms with Crippen molar-refractivity contribution >= 4 is 34.0 Å². The first-order valence-electron chi connectivity index (χ1n) is 6.59. The number of benzene rings is 2. The molecular formula is C16H15ClN4. The Morgan fingerprint density at radius 1 is 1.10 bits per heavy atom. The number of nitrogen functional groups attached to an aromatic ring is 1. The van der Waals surface area contributed by atoms with Crippen LogP contribution in [0.3, 0.4) is 0 Å². The van der Waals surface area contributed by atoms with Crippen LogP contribution < -0.4 is 10.6 Å². The van der Waals surface area contributed by atoms with Gasteiger partial charge in [-0.1, -0.05) is 23.7 Å². The van der Waals surface area contributed by atoms with Gasteiger partial charge in [-0.15, -0.1) is 0 Å². The van der Waals surface area contributed by atoms with E-state index in [4.69, 9.17) is 17.3 Å². The lowest BCUT2D eigenvalue weighted by molar-refractivity contribution is 0.900. The quantitative estimate of drug-likeness (QED) is 0.752. The van der Waals surface area contributed by atoms with Gasteiger partial charge in [0, 0.05) is 29.7 Å². The van der Waals surface area contributed by atoms with Crippen LogP contribution in [0.2, 0.25) is 5.02 Å². The van der Waals surface area contributed by atoms with Crippen LogP contribution in [0.4, 0.5) is 11.5 Å². The van der Waals surface area contributed by atoms with Gasteiger partial charge in [-0.2, -0.15) is 0 Å². The molecular weight excluding hydrogens is 284 g/mol. The molecule has 2 N–H and O–H groups in total. The summed E-state index contributed by atoms with van der Waals surface area (Å²) in [6.07, 6.45) is 1.56. The fraction of sp³-hybridized carbons (Fsp3) is 0.125. The van der Waals surface area contributed by atoms with Crippen LogP contribution in [-0.2, 0) is 6.54 Å². The standard InChI is InChI=1S/C16H15ClN4/c1-21(9-11-2-4-12(17)5-3-11)16-14-7-6-13(18)8-15(14)19-10-20-16/h2-8,10H,9,18H2,1H3. The maximum atomic E-state index is 5.91. The summed E-state index contributed by atoms with van der Waals surface area (Å²) in [7, 11) is 2.01. The molecule has 5 heteroatoms. The molecule has 0 aliphatic rings. The van der Waals surface area contributed by atoms with E-state index in [2.05, 4.69) is 14.9 Å². The van der Waals surface area contributed by atoms with Crippen molar-refractivity contribution in [3.8, 4) is 0 Å². The molecule has 0 spiro atoms. The zero-order chi connectivity index (χ0) is 14.8. The molecule has 0 aliphatic heterocycles. The van der Waals surface area contributed by atoms with E-state index in [0.29, 0.717) is 5.69 Å². The first-order valence-corrected chi connectivity index (χ1v) is 6.97. The van der Waals surface area contributed by atoms with E-state index in [1.54, 1.807) is 6.33 Å². The summed E-state index contributed by atoms with van der Waals surface area (Å²) in [5.41, 5.74) is 8.52. The Kier molecular flexibility index (Phi) is 3.62. The Morgan fingerprint density at radius 2 is 1.86 bits per heavy atom. The van der Waals surface area contributed by atoms with Gasteiger partial charge in [0.1, 0.15) is 12.1 Å². The summed E-state index contributed by atoms with van der Waals surface area (Å²) in [5, 5.41) is 1.73. The van der Waals surface area contributed by atoms with Gasteiger partial charge in [0.25, 0.3) is 0 Å². The first kappa shape index (κ1) is 13.6. The zero-order valence-corrected chi connectivity index (χ0v) is 12.4. The number of hydrogen-bond donors (Lipinski definition) is 1. The molecule has 0 bridgehead atoms. The average Bonchev–Trinajstić information content (AvgIpc) is 2.48. The Morgan fingerprint density at radius 3 is 2.62 bits per heavy atom. The Balaban J connectivity index is 1.94. The summed E-state index contributed by atoms with van der Waals surface area (Å²) in [4.78, 5) is 10.8. The zero-order valence-electron chi connectivity index (χ0n) is 11.6. The number of halogens is 1. The monoisotopic (exact) mass is 298 g/mol. The second-order valence-corrected chi connectivity index (χ2v) is 5.39. The second kappa shape index (κ2) is 5.58. The molecule has 3 aromatic rings. The molecule has 0 unspecified atom stereocenters. The Bertz CT molecular complexity index is 771. The van der Waals surface area contributed by atoms with Crippen molar-refractivity contribution in [2.24, 2.45) is 0 Å². The van der Waals surface area contributed by atoms with E-state index in [9.17, 15) is 0 Å². The summed E-state index contributed by atoms with van der Waals surface area (Å²) >= 11 is 5.91. The summed E-state index contributed by atoms with van der Waals surface area (Å²) in [6.45, 7) is 0.744. The molecule has 2 aromatic carbocycles. The molecule has 0 aliphatic carbocycles. The fourth-order valence-electron chi connectivity index (χ4n) is 2.30. The van der Waals surface area contributed by atoms with Crippen LogP contribution in [0.1, 0.15) is 5.56 Å². The van der Waals surface area contributed by atoms with E-state index in [1.807, 2.05) is 49.5 Å². The molecule has 21 heavy (non-hydrogen) atoms. The molecule has 4 nitrogen and oxygen atoms in total. The van der Waals surface area contributed by atoms with Gasteiger partial charge < -0.3 is 10.6 Å². The number of nitrogens with two attached hydrogens (primary N) is 1. The van der Waals surface area contributed by atoms with Gasteiger partial charge in [0.05, 0.1) is 5.52 Å². The van der Waals surface area contributed by atoms with Crippen molar-refractivity contribution in [2.75, 3.05) is 17.7 Å². The maximum absolute atomic E-state index is 5.91. The van der Waals surface area contributed by atoms with E-state index in [-0.39, 0.29) is 0 Å². The lowest BCUT2D eigenvalue weighted by Gasteiger charge is -2.19. The molecule has 0 saturated heterocycles. The lowest BCUT2D eigenvalue weighted by atomic mass is 10.2. The van der Waals surface area contributed by atoms with Gasteiger partial charge in [-0.3, -0.25) is 0 Å². The topological polar surface area (TPSA) is 55.0 Å². The number of aromatic nitrogens is 2. The summed E-state index contributed by atoms with van der Waals surface area (Å²) < 4.78 is 0. The van der Waals surface area contributed by atoms with E-state index in [0.717, 1.165) is 28.3 Å². The van der Waals surface area contributed by atoms with Crippen LogP contribution >= 0.6 is 11.6 Å². The smallest absolute Gasteiger partial charge is 0.139 e. The van der Waals surface area contributed by atoms with Crippen LogP contribution in [-0.4, -0.2) is 17.0 Å². The normalized spacial score (nSPS) is 10.8. The highest BCUT2D eigenvalue weighted by Gasteiger charge is 2.09. The predicted octanol–water partition coefficient (Wildman–Crippen LogP) is 3.50. The molecule has 106 valence electrons. The number of hydrogen-bond acceptors (Lipinski definition) is 4. The van der Waals surface area contributed by atoms with Crippen molar-refractivity contribution in [1.82, 2.24) is 9.97 Å². The second-order valence-electron chi connectivity index (χ2n) is 4.96. The minimum Gasteiger partial charge on any atom is -0.399 e. The summed E-state index contributed by atoms with van der Waals surface area (Å²) in [5.74, 6) is 0.884. The van der Waals surface area contributed by atoms with Gasteiger partial charge in [0.15, 0.2) is 0 Å². The van der Waals surface area contributed by atoms with Crippen molar-refractivity contribution in [1.29, 1.82) is 0 Å². The Labute approximate surface area is 128 Å². The van der Waals surface area contributed by atoms with Crippen molar-refractivity contribution in [2.45, 2.75) is 6.54 Å². The van der Waals surface area contributed by atoms with E-state index in [1.165, 1.54) is 5.56 Å². The highest BCUT2D eigenvalue weighted by molar-refractivity contribution is 6.30. The highest BCUT2D eigenvalue weighted by Crippen LogP contribution is 2.25. The molecule has 0 saturated carbocycles. The largest absolute Gasteiger partial charge is 0.399 e. The maximum Gasteiger partial charge on any atom is 0.139 e. The minimum atomic E-state index is 0.701. The van der Waals surface area contributed by atoms with Crippen LogP contribution in [0, 0.1) is 0 Å². The van der Waals surface area contributed by atoms with Gasteiger partial charge in [0.2, 0.25) is 0 Å². The molecule has 0 fully saturated rings. The van der Waals surface area contributed by atoms with Gasteiger partial charge >= 0.3 is 0 Å². The van der Waals surface area contributed by atoms with Gasteiger partial charge in [-0.25, -0.2) is 9.97 Å². The number of nitrogens with zero attached hydrogens (tertiary/aromatic N) is 3. The number of anilines is 2. The van der Waals surface area contributed by atoms with Crippen LogP contribution in [0.15, 0.2) is 48.8 Å². The molecule has 0 amide bonds. The SMILES string of the molecule is CN(Cc1ccc(Cl)cc1)c1ncnc2cc(N)ccc12. The predicted molar refractivity (Wildman–Crippen MR) is 87.5 cm³/mol. The van der Waals surface area contributed by atoms with Crippen molar-refractivity contribution < 1.29 is 0 Å². The van der Waals surface area contributed by atoms with Crippen molar-refractivity contribution in [3.05, 3.63) is 59.4 Å². The molecule has 1 aromatic heterocycles. The fourth-order valence-corrected chi connectivity index (χ4v) is 2.43. The van der Waals surface area contributed by atoms with Crippen LogP contribution in [0.5, 0.6) is 0 Å². The molecule has 0 atom stereocenters. The van der Waals surface area contributed by atoms with Gasteiger partial charge in [-0.05, 0) is 35.9 Å². The third-order valence-electron chi connectivity index (χ3n) is 3.33. The average molecular weight is 299 g/mol. The third-order valence-corrected chi connectivity index (χ3v) is 3.59.